The number of anilines is 1. The summed E-state index contributed by atoms with van der Waals surface area (Å²) in [4.78, 5) is 14.1. The Bertz CT molecular complexity index is 761. The molecular weight excluding hydrogens is 282 g/mol. The zero-order chi connectivity index (χ0) is 15.7. The lowest BCUT2D eigenvalue weighted by Crippen LogP contribution is -2.30. The van der Waals surface area contributed by atoms with Gasteiger partial charge in [0.1, 0.15) is 0 Å². The van der Waals surface area contributed by atoms with Crippen LogP contribution < -0.4 is 5.32 Å². The van der Waals surface area contributed by atoms with Crippen molar-refractivity contribution in [3.8, 4) is 0 Å². The third-order valence-corrected chi connectivity index (χ3v) is 4.39. The van der Waals surface area contributed by atoms with Gasteiger partial charge in [-0.15, -0.1) is 0 Å². The maximum atomic E-state index is 11.0. The van der Waals surface area contributed by atoms with Crippen LogP contribution in [0.2, 0.25) is 0 Å². The normalized spacial score (nSPS) is 21.5. The van der Waals surface area contributed by atoms with Crippen molar-refractivity contribution in [3.05, 3.63) is 39.9 Å². The molecule has 1 aliphatic rings. The standard InChI is InChI=1S/C15H17N5O2/c1-10-5-3-4-6-11(10)18-15-12(16-2)9-17-19-13(15)7-8-14(19)20(21)22/h7-11,18H,3-6H2,1H3. The van der Waals surface area contributed by atoms with Crippen LogP contribution in [0.5, 0.6) is 0 Å². The molecule has 7 heteroatoms. The summed E-state index contributed by atoms with van der Waals surface area (Å²) in [6, 6.07) is 3.36. The number of fused-ring (bicyclic) bond motifs is 1. The number of hydrogen-bond donors (Lipinski definition) is 1. The van der Waals surface area contributed by atoms with E-state index < -0.39 is 4.92 Å². The van der Waals surface area contributed by atoms with Gasteiger partial charge in [0.05, 0.1) is 18.5 Å². The quantitative estimate of drug-likeness (QED) is 0.531. The molecule has 7 nitrogen and oxygen atoms in total. The van der Waals surface area contributed by atoms with Crippen molar-refractivity contribution < 1.29 is 4.92 Å². The van der Waals surface area contributed by atoms with Crippen molar-refractivity contribution in [2.24, 2.45) is 5.92 Å². The van der Waals surface area contributed by atoms with Crippen LogP contribution in [0, 0.1) is 22.6 Å². The highest BCUT2D eigenvalue weighted by Crippen LogP contribution is 2.35. The molecule has 3 rings (SSSR count). The summed E-state index contributed by atoms with van der Waals surface area (Å²) in [5.41, 5.74) is 1.63. The van der Waals surface area contributed by atoms with Gasteiger partial charge in [0.2, 0.25) is 5.69 Å². The maximum Gasteiger partial charge on any atom is 0.348 e. The second-order valence-electron chi connectivity index (χ2n) is 5.77. The molecule has 2 unspecified atom stereocenters. The molecule has 0 radical (unpaired) electrons. The number of hydrogen-bond acceptors (Lipinski definition) is 4. The molecule has 0 spiro atoms. The Morgan fingerprint density at radius 1 is 1.45 bits per heavy atom. The Balaban J connectivity index is 2.06. The summed E-state index contributed by atoms with van der Waals surface area (Å²) < 4.78 is 1.28. The predicted molar refractivity (Wildman–Crippen MR) is 83.2 cm³/mol. The zero-order valence-electron chi connectivity index (χ0n) is 12.3. The van der Waals surface area contributed by atoms with E-state index in [9.17, 15) is 10.1 Å². The van der Waals surface area contributed by atoms with Crippen LogP contribution in [0.1, 0.15) is 32.6 Å². The first-order chi connectivity index (χ1) is 10.6. The molecule has 0 amide bonds. The summed E-state index contributed by atoms with van der Waals surface area (Å²) in [5, 5.41) is 18.5. The van der Waals surface area contributed by atoms with Crippen molar-refractivity contribution in [2.75, 3.05) is 5.32 Å². The molecule has 114 valence electrons. The molecule has 0 aromatic carbocycles. The average molecular weight is 299 g/mol. The third-order valence-electron chi connectivity index (χ3n) is 4.39. The largest absolute Gasteiger partial charge is 0.387 e. The minimum Gasteiger partial charge on any atom is -0.387 e. The fourth-order valence-corrected chi connectivity index (χ4v) is 3.12. The Labute approximate surface area is 127 Å². The molecular formula is C15H17N5O2. The minimum atomic E-state index is -0.468. The smallest absolute Gasteiger partial charge is 0.348 e. The highest BCUT2D eigenvalue weighted by molar-refractivity contribution is 5.85. The van der Waals surface area contributed by atoms with Gasteiger partial charge in [0.25, 0.3) is 0 Å². The van der Waals surface area contributed by atoms with Crippen LogP contribution in [0.25, 0.3) is 10.4 Å². The number of nitro groups is 1. The third kappa shape index (κ3) is 2.37. The molecule has 1 saturated carbocycles. The van der Waals surface area contributed by atoms with E-state index in [1.165, 1.54) is 23.2 Å². The van der Waals surface area contributed by atoms with Crippen LogP contribution in [0.3, 0.4) is 0 Å². The molecule has 0 bridgehead atoms. The molecule has 2 aromatic rings. The van der Waals surface area contributed by atoms with Crippen LogP contribution in [-0.4, -0.2) is 20.6 Å². The summed E-state index contributed by atoms with van der Waals surface area (Å²) in [6.07, 6.45) is 6.00. The van der Waals surface area contributed by atoms with Gasteiger partial charge in [-0.1, -0.05) is 29.4 Å². The Hall–Kier alpha value is -2.62. The maximum absolute atomic E-state index is 11.0. The molecule has 2 atom stereocenters. The predicted octanol–water partition coefficient (Wildman–Crippen LogP) is 3.78. The van der Waals surface area contributed by atoms with Crippen LogP contribution in [-0.2, 0) is 0 Å². The first-order valence-corrected chi connectivity index (χ1v) is 7.41. The SMILES string of the molecule is [C-]#[N+]c1cnn2c([N+](=O)[O-])ccc2c1NC1CCCCC1C. The van der Waals surface area contributed by atoms with E-state index in [1.807, 2.05) is 0 Å². The Morgan fingerprint density at radius 3 is 2.91 bits per heavy atom. The number of nitrogens with one attached hydrogen (secondary N) is 1. The van der Waals surface area contributed by atoms with Gasteiger partial charge in [-0.3, -0.25) is 0 Å². The lowest BCUT2D eigenvalue weighted by atomic mass is 9.86. The summed E-state index contributed by atoms with van der Waals surface area (Å²) in [6.45, 7) is 9.52. The Morgan fingerprint density at radius 2 is 2.23 bits per heavy atom. The topological polar surface area (TPSA) is 76.8 Å². The highest BCUT2D eigenvalue weighted by Gasteiger charge is 2.25. The van der Waals surface area contributed by atoms with Gasteiger partial charge in [-0.05, 0) is 29.7 Å². The van der Waals surface area contributed by atoms with Crippen LogP contribution >= 0.6 is 0 Å². The first-order valence-electron chi connectivity index (χ1n) is 7.41. The van der Waals surface area contributed by atoms with Gasteiger partial charge in [-0.2, -0.15) is 0 Å². The van der Waals surface area contributed by atoms with Gasteiger partial charge in [0.15, 0.2) is 5.52 Å². The molecule has 0 saturated heterocycles. The molecule has 1 aliphatic carbocycles. The summed E-state index contributed by atoms with van der Waals surface area (Å²) in [5.74, 6) is 0.428. The van der Waals surface area contributed by atoms with Crippen molar-refractivity contribution in [1.82, 2.24) is 9.61 Å². The van der Waals surface area contributed by atoms with Crippen molar-refractivity contribution in [1.29, 1.82) is 0 Å². The molecule has 22 heavy (non-hydrogen) atoms. The van der Waals surface area contributed by atoms with E-state index in [-0.39, 0.29) is 11.9 Å². The number of rotatable bonds is 3. The van der Waals surface area contributed by atoms with Crippen molar-refractivity contribution in [2.45, 2.75) is 38.6 Å². The van der Waals surface area contributed by atoms with Crippen molar-refractivity contribution in [3.63, 3.8) is 0 Å². The van der Waals surface area contributed by atoms with E-state index in [0.29, 0.717) is 22.8 Å². The molecule has 0 aliphatic heterocycles. The van der Waals surface area contributed by atoms with Gasteiger partial charge in [-0.25, -0.2) is 4.85 Å². The second kappa shape index (κ2) is 5.64. The lowest BCUT2D eigenvalue weighted by Gasteiger charge is -2.30. The van der Waals surface area contributed by atoms with E-state index in [0.717, 1.165) is 19.3 Å². The van der Waals surface area contributed by atoms with E-state index in [2.05, 4.69) is 22.2 Å². The molecule has 2 heterocycles. The lowest BCUT2D eigenvalue weighted by molar-refractivity contribution is -0.390. The fourth-order valence-electron chi connectivity index (χ4n) is 3.12. The first kappa shape index (κ1) is 14.3. The summed E-state index contributed by atoms with van der Waals surface area (Å²) >= 11 is 0. The minimum absolute atomic E-state index is 0.0914. The zero-order valence-corrected chi connectivity index (χ0v) is 12.3. The summed E-state index contributed by atoms with van der Waals surface area (Å²) in [7, 11) is 0. The van der Waals surface area contributed by atoms with Crippen LogP contribution in [0.4, 0.5) is 17.2 Å². The van der Waals surface area contributed by atoms with Gasteiger partial charge >= 0.3 is 5.82 Å². The van der Waals surface area contributed by atoms with E-state index in [1.54, 1.807) is 6.07 Å². The van der Waals surface area contributed by atoms with Gasteiger partial charge < -0.3 is 15.4 Å². The van der Waals surface area contributed by atoms with E-state index >= 15 is 0 Å². The van der Waals surface area contributed by atoms with Crippen LogP contribution in [0.15, 0.2) is 18.3 Å². The van der Waals surface area contributed by atoms with E-state index in [4.69, 9.17) is 6.57 Å². The highest BCUT2D eigenvalue weighted by atomic mass is 16.6. The molecule has 1 N–H and O–H groups in total. The number of aromatic nitrogens is 2. The average Bonchev–Trinajstić information content (AvgIpc) is 2.94. The monoisotopic (exact) mass is 299 g/mol. The Kier molecular flexibility index (Phi) is 3.67. The molecule has 2 aromatic heterocycles. The van der Waals surface area contributed by atoms with Gasteiger partial charge in [0, 0.05) is 12.1 Å². The second-order valence-corrected chi connectivity index (χ2v) is 5.77. The molecule has 1 fully saturated rings. The number of nitrogens with zero attached hydrogens (tertiary/aromatic N) is 4. The van der Waals surface area contributed by atoms with Crippen molar-refractivity contribution >= 4 is 22.7 Å². The fraction of sp³-hybridized carbons (Fsp3) is 0.467.